The Morgan fingerprint density at radius 2 is 2.00 bits per heavy atom. The van der Waals surface area contributed by atoms with Crippen molar-refractivity contribution in [3.05, 3.63) is 18.2 Å². The standard InChI is InChI=1S/C16H25FN4O5/c1-9(20-15(25)13-18-5-6-19-13)14(24)21-10(11(22)8-17)7-12(23)26-16(2,3)4/h5-6,9-11,22H,7-8H2,1-4H3,(H,18,19)(H,20,25)(H,21,24)/t9-,10?,11?/m0/s1. The number of H-pyrrole nitrogens is 1. The number of rotatable bonds is 8. The van der Waals surface area contributed by atoms with Crippen molar-refractivity contribution >= 4 is 17.8 Å². The van der Waals surface area contributed by atoms with Crippen LogP contribution in [0, 0.1) is 0 Å². The molecule has 0 aliphatic rings. The van der Waals surface area contributed by atoms with Crippen LogP contribution in [0.3, 0.4) is 0 Å². The van der Waals surface area contributed by atoms with Crippen molar-refractivity contribution in [3.63, 3.8) is 0 Å². The Balaban J connectivity index is 2.66. The van der Waals surface area contributed by atoms with E-state index in [0.29, 0.717) is 0 Å². The molecule has 2 unspecified atom stereocenters. The van der Waals surface area contributed by atoms with Gasteiger partial charge in [0.1, 0.15) is 24.4 Å². The zero-order chi connectivity index (χ0) is 19.9. The number of nitrogens with one attached hydrogen (secondary N) is 3. The van der Waals surface area contributed by atoms with E-state index in [9.17, 15) is 23.9 Å². The van der Waals surface area contributed by atoms with Gasteiger partial charge in [-0.15, -0.1) is 0 Å². The molecule has 1 rings (SSSR count). The number of hydrogen-bond donors (Lipinski definition) is 4. The summed E-state index contributed by atoms with van der Waals surface area (Å²) in [6.45, 7) is 5.24. The van der Waals surface area contributed by atoms with Gasteiger partial charge in [-0.1, -0.05) is 0 Å². The summed E-state index contributed by atoms with van der Waals surface area (Å²) in [7, 11) is 0. The van der Waals surface area contributed by atoms with Crippen molar-refractivity contribution in [2.24, 2.45) is 0 Å². The van der Waals surface area contributed by atoms with Crippen LogP contribution in [0.15, 0.2) is 12.4 Å². The van der Waals surface area contributed by atoms with Crippen LogP contribution in [0.5, 0.6) is 0 Å². The minimum atomic E-state index is -1.58. The summed E-state index contributed by atoms with van der Waals surface area (Å²) in [4.78, 5) is 42.3. The Morgan fingerprint density at radius 3 is 2.50 bits per heavy atom. The van der Waals surface area contributed by atoms with Gasteiger partial charge < -0.3 is 25.5 Å². The molecule has 0 aromatic carbocycles. The van der Waals surface area contributed by atoms with Crippen LogP contribution in [0.4, 0.5) is 4.39 Å². The number of aliphatic hydroxyl groups excluding tert-OH is 1. The molecule has 0 fully saturated rings. The molecule has 1 heterocycles. The molecule has 0 aliphatic heterocycles. The van der Waals surface area contributed by atoms with Gasteiger partial charge in [0.2, 0.25) is 5.91 Å². The van der Waals surface area contributed by atoms with Gasteiger partial charge in [0.05, 0.1) is 12.5 Å². The second kappa shape index (κ2) is 9.27. The topological polar surface area (TPSA) is 133 Å². The van der Waals surface area contributed by atoms with Gasteiger partial charge in [-0.25, -0.2) is 9.37 Å². The molecule has 1 aromatic rings. The first-order valence-electron chi connectivity index (χ1n) is 8.10. The van der Waals surface area contributed by atoms with Crippen LogP contribution >= 0.6 is 0 Å². The predicted molar refractivity (Wildman–Crippen MR) is 89.9 cm³/mol. The number of nitrogens with zero attached hydrogens (tertiary/aromatic N) is 1. The summed E-state index contributed by atoms with van der Waals surface area (Å²) in [6.07, 6.45) is 0.842. The predicted octanol–water partition coefficient (Wildman–Crippen LogP) is 0.0750. The van der Waals surface area contributed by atoms with Crippen molar-refractivity contribution < 1.29 is 28.6 Å². The fraction of sp³-hybridized carbons (Fsp3) is 0.625. The molecule has 3 atom stereocenters. The number of aliphatic hydroxyl groups is 1. The number of hydrogen-bond acceptors (Lipinski definition) is 6. The monoisotopic (exact) mass is 372 g/mol. The van der Waals surface area contributed by atoms with Crippen molar-refractivity contribution in [3.8, 4) is 0 Å². The zero-order valence-electron chi connectivity index (χ0n) is 15.2. The van der Waals surface area contributed by atoms with Crippen LogP contribution in [0.1, 0.15) is 44.7 Å². The van der Waals surface area contributed by atoms with Gasteiger partial charge in [-0.3, -0.25) is 14.4 Å². The highest BCUT2D eigenvalue weighted by molar-refractivity contribution is 5.94. The Morgan fingerprint density at radius 1 is 1.35 bits per heavy atom. The van der Waals surface area contributed by atoms with Crippen molar-refractivity contribution in [1.82, 2.24) is 20.6 Å². The molecule has 0 bridgehead atoms. The molecule has 0 saturated heterocycles. The molecule has 0 radical (unpaired) electrons. The molecule has 0 aliphatic carbocycles. The lowest BCUT2D eigenvalue weighted by Gasteiger charge is -2.26. The molecule has 10 heteroatoms. The van der Waals surface area contributed by atoms with Crippen LogP contribution in [0.2, 0.25) is 0 Å². The second-order valence-corrected chi connectivity index (χ2v) is 6.76. The molecule has 1 aromatic heterocycles. The summed E-state index contributed by atoms with van der Waals surface area (Å²) in [5, 5.41) is 14.5. The van der Waals surface area contributed by atoms with E-state index in [1.54, 1.807) is 20.8 Å². The Bertz CT molecular complexity index is 615. The molecule has 0 spiro atoms. The van der Waals surface area contributed by atoms with E-state index in [4.69, 9.17) is 4.74 Å². The van der Waals surface area contributed by atoms with E-state index >= 15 is 0 Å². The second-order valence-electron chi connectivity index (χ2n) is 6.76. The zero-order valence-corrected chi connectivity index (χ0v) is 15.2. The first-order chi connectivity index (χ1) is 12.0. The van der Waals surface area contributed by atoms with Crippen LogP contribution < -0.4 is 10.6 Å². The third-order valence-corrected chi connectivity index (χ3v) is 3.21. The van der Waals surface area contributed by atoms with Gasteiger partial charge in [-0.05, 0) is 27.7 Å². The quantitative estimate of drug-likeness (QED) is 0.478. The number of esters is 1. The lowest BCUT2D eigenvalue weighted by atomic mass is 10.1. The average molecular weight is 372 g/mol. The average Bonchev–Trinajstić information content (AvgIpc) is 3.05. The number of aromatic amines is 1. The SMILES string of the molecule is C[C@H](NC(=O)c1ncc[nH]1)C(=O)NC(CC(=O)OC(C)(C)C)C(O)CF. The number of alkyl halides is 1. The molecule has 2 amide bonds. The van der Waals surface area contributed by atoms with Crippen molar-refractivity contribution in [1.29, 1.82) is 0 Å². The van der Waals surface area contributed by atoms with Crippen LogP contribution in [0.25, 0.3) is 0 Å². The summed E-state index contributed by atoms with van der Waals surface area (Å²) < 4.78 is 17.9. The summed E-state index contributed by atoms with van der Waals surface area (Å²) in [6, 6.07) is -2.19. The lowest BCUT2D eigenvalue weighted by molar-refractivity contribution is -0.156. The first kappa shape index (κ1) is 21.6. The van der Waals surface area contributed by atoms with Gasteiger partial charge in [0.25, 0.3) is 5.91 Å². The maximum Gasteiger partial charge on any atom is 0.308 e. The number of carbonyl (C=O) groups excluding carboxylic acids is 3. The maximum absolute atomic E-state index is 12.8. The summed E-state index contributed by atoms with van der Waals surface area (Å²) >= 11 is 0. The number of imidazole rings is 1. The first-order valence-corrected chi connectivity index (χ1v) is 8.10. The summed E-state index contributed by atoms with van der Waals surface area (Å²) in [5.74, 6) is -1.96. The minimum Gasteiger partial charge on any atom is -0.460 e. The number of aromatic nitrogens is 2. The molecule has 9 nitrogen and oxygen atoms in total. The largest absolute Gasteiger partial charge is 0.460 e. The highest BCUT2D eigenvalue weighted by Crippen LogP contribution is 2.11. The maximum atomic E-state index is 12.8. The van der Waals surface area contributed by atoms with Crippen molar-refractivity contribution in [2.75, 3.05) is 6.67 Å². The molecular formula is C16H25FN4O5. The highest BCUT2D eigenvalue weighted by Gasteiger charge is 2.29. The molecule has 146 valence electrons. The van der Waals surface area contributed by atoms with Crippen molar-refractivity contribution in [2.45, 2.75) is 57.9 Å². The molecule has 26 heavy (non-hydrogen) atoms. The lowest BCUT2D eigenvalue weighted by Crippen LogP contribution is -2.52. The van der Waals surface area contributed by atoms with Crippen LogP contribution in [-0.4, -0.2) is 63.3 Å². The van der Waals surface area contributed by atoms with E-state index in [-0.39, 0.29) is 5.82 Å². The van der Waals surface area contributed by atoms with Gasteiger partial charge in [-0.2, -0.15) is 0 Å². The third-order valence-electron chi connectivity index (χ3n) is 3.21. The van der Waals surface area contributed by atoms with E-state index in [1.165, 1.54) is 19.3 Å². The normalized spacial score (nSPS) is 14.8. The Hall–Kier alpha value is -2.49. The number of carbonyl (C=O) groups is 3. The van der Waals surface area contributed by atoms with E-state index in [2.05, 4.69) is 20.6 Å². The molecule has 0 saturated carbocycles. The summed E-state index contributed by atoms with van der Waals surface area (Å²) in [5.41, 5.74) is -0.753. The van der Waals surface area contributed by atoms with E-state index < -0.39 is 54.7 Å². The fourth-order valence-corrected chi connectivity index (χ4v) is 1.98. The van der Waals surface area contributed by atoms with Gasteiger partial charge in [0, 0.05) is 12.4 Å². The molecule has 4 N–H and O–H groups in total. The Labute approximate surface area is 150 Å². The molecular weight excluding hydrogens is 347 g/mol. The Kier molecular flexibility index (Phi) is 7.69. The number of halogens is 1. The minimum absolute atomic E-state index is 0.0266. The highest BCUT2D eigenvalue weighted by atomic mass is 19.1. The van der Waals surface area contributed by atoms with E-state index in [0.717, 1.165) is 0 Å². The smallest absolute Gasteiger partial charge is 0.308 e. The van der Waals surface area contributed by atoms with E-state index in [1.807, 2.05) is 0 Å². The van der Waals surface area contributed by atoms with Gasteiger partial charge in [0.15, 0.2) is 5.82 Å². The third kappa shape index (κ3) is 7.18. The number of ether oxygens (including phenoxy) is 1. The number of amides is 2. The fourth-order valence-electron chi connectivity index (χ4n) is 1.98. The van der Waals surface area contributed by atoms with Crippen LogP contribution in [-0.2, 0) is 14.3 Å². The van der Waals surface area contributed by atoms with Gasteiger partial charge >= 0.3 is 5.97 Å².